The van der Waals surface area contributed by atoms with Crippen molar-refractivity contribution < 1.29 is 19.8 Å². The number of carboxylic acid groups (broad SMARTS) is 2. The van der Waals surface area contributed by atoms with E-state index in [4.69, 9.17) is 10.2 Å². The van der Waals surface area contributed by atoms with Gasteiger partial charge in [0, 0.05) is 6.54 Å². The highest BCUT2D eigenvalue weighted by atomic mass is 16.4. The molecule has 5 heteroatoms. The van der Waals surface area contributed by atoms with Gasteiger partial charge in [0.2, 0.25) is 0 Å². The van der Waals surface area contributed by atoms with Crippen molar-refractivity contribution in [2.75, 3.05) is 6.54 Å². The number of rotatable bonds is 1. The fraction of sp³-hybridized carbons (Fsp3) is 0.714. The van der Waals surface area contributed by atoms with Gasteiger partial charge >= 0.3 is 12.1 Å². The van der Waals surface area contributed by atoms with Crippen LogP contribution in [0.4, 0.5) is 4.79 Å². The molecular weight excluding hydrogens is 162 g/mol. The van der Waals surface area contributed by atoms with Crippen molar-refractivity contribution in [1.29, 1.82) is 0 Å². The Hall–Kier alpha value is -1.26. The number of nitrogens with zero attached hydrogens (tertiary/aromatic N) is 1. The second-order valence-corrected chi connectivity index (χ2v) is 3.12. The number of hydrogen-bond donors (Lipinski definition) is 2. The van der Waals surface area contributed by atoms with Crippen LogP contribution in [0.1, 0.15) is 19.8 Å². The number of hydrogen-bond acceptors (Lipinski definition) is 2. The molecule has 1 unspecified atom stereocenters. The van der Waals surface area contributed by atoms with Crippen molar-refractivity contribution in [2.24, 2.45) is 0 Å². The molecule has 0 aromatic heterocycles. The third-order valence-electron chi connectivity index (χ3n) is 2.33. The standard InChI is InChI=1S/C7H11NO4/c1-7(5(9)10)3-2-4-8(7)6(11)12/h2-4H2,1H3,(H,9,10)(H,11,12). The van der Waals surface area contributed by atoms with Gasteiger partial charge in [0.15, 0.2) is 0 Å². The Balaban J connectivity index is 2.89. The SMILES string of the molecule is CC1(C(=O)O)CCCN1C(=O)O. The van der Waals surface area contributed by atoms with Crippen molar-refractivity contribution in [2.45, 2.75) is 25.3 Å². The first-order valence-corrected chi connectivity index (χ1v) is 3.72. The largest absolute Gasteiger partial charge is 0.480 e. The van der Waals surface area contributed by atoms with Crippen LogP contribution in [-0.2, 0) is 4.79 Å². The summed E-state index contributed by atoms with van der Waals surface area (Å²) in [4.78, 5) is 22.3. The summed E-state index contributed by atoms with van der Waals surface area (Å²) in [6.07, 6.45) is -0.138. The zero-order chi connectivity index (χ0) is 9.35. The van der Waals surface area contributed by atoms with Crippen molar-refractivity contribution in [3.8, 4) is 0 Å². The van der Waals surface area contributed by atoms with E-state index >= 15 is 0 Å². The first-order chi connectivity index (χ1) is 5.48. The molecule has 0 spiro atoms. The fourth-order valence-electron chi connectivity index (χ4n) is 1.49. The van der Waals surface area contributed by atoms with E-state index < -0.39 is 17.6 Å². The lowest BCUT2D eigenvalue weighted by Gasteiger charge is -2.28. The Bertz CT molecular complexity index is 227. The van der Waals surface area contributed by atoms with Crippen LogP contribution in [0.2, 0.25) is 0 Å². The molecule has 0 radical (unpaired) electrons. The van der Waals surface area contributed by atoms with Gasteiger partial charge in [0.25, 0.3) is 0 Å². The summed E-state index contributed by atoms with van der Waals surface area (Å²) in [6, 6.07) is 0. The van der Waals surface area contributed by atoms with Crippen molar-refractivity contribution in [1.82, 2.24) is 4.90 Å². The summed E-state index contributed by atoms with van der Waals surface area (Å²) >= 11 is 0. The topological polar surface area (TPSA) is 77.8 Å². The first kappa shape index (κ1) is 8.83. The Morgan fingerprint density at radius 3 is 2.33 bits per heavy atom. The van der Waals surface area contributed by atoms with Gasteiger partial charge in [-0.3, -0.25) is 4.90 Å². The lowest BCUT2D eigenvalue weighted by molar-refractivity contribution is -0.147. The highest BCUT2D eigenvalue weighted by Crippen LogP contribution is 2.28. The Morgan fingerprint density at radius 2 is 2.00 bits per heavy atom. The van der Waals surface area contributed by atoms with Crippen LogP contribution in [0.15, 0.2) is 0 Å². The highest BCUT2D eigenvalue weighted by Gasteiger charge is 2.46. The summed E-state index contributed by atoms with van der Waals surface area (Å²) in [7, 11) is 0. The summed E-state index contributed by atoms with van der Waals surface area (Å²) < 4.78 is 0. The van der Waals surface area contributed by atoms with E-state index in [1.54, 1.807) is 0 Å². The lowest BCUT2D eigenvalue weighted by atomic mass is 10.00. The van der Waals surface area contributed by atoms with E-state index in [1.807, 2.05) is 0 Å². The monoisotopic (exact) mass is 173 g/mol. The molecule has 5 nitrogen and oxygen atoms in total. The van der Waals surface area contributed by atoms with E-state index in [0.29, 0.717) is 19.4 Å². The van der Waals surface area contributed by atoms with Crippen LogP contribution in [0.25, 0.3) is 0 Å². The third-order valence-corrected chi connectivity index (χ3v) is 2.33. The molecule has 1 rings (SSSR count). The second kappa shape index (κ2) is 2.66. The molecule has 0 saturated carbocycles. The van der Waals surface area contributed by atoms with E-state index in [9.17, 15) is 9.59 Å². The molecule has 1 atom stereocenters. The number of carbonyl (C=O) groups is 2. The molecule has 1 amide bonds. The molecule has 68 valence electrons. The molecule has 1 fully saturated rings. The maximum atomic E-state index is 10.7. The molecule has 0 aliphatic carbocycles. The van der Waals surface area contributed by atoms with Crippen LogP contribution in [0, 0.1) is 0 Å². The van der Waals surface area contributed by atoms with Gasteiger partial charge < -0.3 is 10.2 Å². The maximum Gasteiger partial charge on any atom is 0.408 e. The number of carboxylic acids is 1. The smallest absolute Gasteiger partial charge is 0.408 e. The minimum Gasteiger partial charge on any atom is -0.480 e. The first-order valence-electron chi connectivity index (χ1n) is 3.72. The normalized spacial score (nSPS) is 28.9. The van der Waals surface area contributed by atoms with Crippen molar-refractivity contribution in [3.63, 3.8) is 0 Å². The summed E-state index contributed by atoms with van der Waals surface area (Å²) in [5.74, 6) is -1.07. The van der Waals surface area contributed by atoms with E-state index in [0.717, 1.165) is 4.90 Å². The average molecular weight is 173 g/mol. The molecule has 12 heavy (non-hydrogen) atoms. The quantitative estimate of drug-likeness (QED) is 0.608. The number of likely N-dealkylation sites (tertiary alicyclic amines) is 1. The van der Waals surface area contributed by atoms with E-state index in [-0.39, 0.29) is 0 Å². The Labute approximate surface area is 69.6 Å². The molecule has 2 N–H and O–H groups in total. The molecule has 1 aliphatic rings. The predicted molar refractivity (Wildman–Crippen MR) is 40.0 cm³/mol. The summed E-state index contributed by atoms with van der Waals surface area (Å²) in [6.45, 7) is 1.76. The van der Waals surface area contributed by atoms with Gasteiger partial charge in [-0.2, -0.15) is 0 Å². The number of aliphatic carboxylic acids is 1. The van der Waals surface area contributed by atoms with Gasteiger partial charge in [-0.05, 0) is 19.8 Å². The third kappa shape index (κ3) is 1.11. The van der Waals surface area contributed by atoms with E-state index in [1.165, 1.54) is 6.92 Å². The van der Waals surface area contributed by atoms with Crippen LogP contribution in [0.5, 0.6) is 0 Å². The van der Waals surface area contributed by atoms with Gasteiger partial charge in [0.1, 0.15) is 5.54 Å². The van der Waals surface area contributed by atoms with Gasteiger partial charge in [-0.15, -0.1) is 0 Å². The minimum atomic E-state index is -1.22. The summed E-state index contributed by atoms with van der Waals surface area (Å²) in [5.41, 5.74) is -1.22. The second-order valence-electron chi connectivity index (χ2n) is 3.12. The van der Waals surface area contributed by atoms with Gasteiger partial charge in [-0.25, -0.2) is 9.59 Å². The van der Waals surface area contributed by atoms with Gasteiger partial charge in [0.05, 0.1) is 0 Å². The van der Waals surface area contributed by atoms with Crippen LogP contribution in [-0.4, -0.2) is 39.3 Å². The Kier molecular flexibility index (Phi) is 1.95. The number of amides is 1. The van der Waals surface area contributed by atoms with E-state index in [2.05, 4.69) is 0 Å². The molecular formula is C7H11NO4. The maximum absolute atomic E-state index is 10.7. The fourth-order valence-corrected chi connectivity index (χ4v) is 1.49. The summed E-state index contributed by atoms with van der Waals surface area (Å²) in [5, 5.41) is 17.4. The van der Waals surface area contributed by atoms with Crippen LogP contribution >= 0.6 is 0 Å². The molecule has 1 saturated heterocycles. The lowest BCUT2D eigenvalue weighted by Crippen LogP contribution is -2.50. The molecule has 1 aliphatic heterocycles. The molecule has 0 bridgehead atoms. The predicted octanol–water partition coefficient (Wildman–Crippen LogP) is 0.604. The molecule has 1 heterocycles. The average Bonchev–Trinajstić information content (AvgIpc) is 2.32. The zero-order valence-electron chi connectivity index (χ0n) is 6.78. The van der Waals surface area contributed by atoms with Crippen LogP contribution in [0.3, 0.4) is 0 Å². The molecule has 0 aromatic carbocycles. The van der Waals surface area contributed by atoms with Crippen molar-refractivity contribution in [3.05, 3.63) is 0 Å². The Morgan fingerprint density at radius 1 is 1.42 bits per heavy atom. The van der Waals surface area contributed by atoms with Crippen LogP contribution < -0.4 is 0 Å². The minimum absolute atomic E-state index is 0.318. The van der Waals surface area contributed by atoms with Gasteiger partial charge in [-0.1, -0.05) is 0 Å². The zero-order valence-corrected chi connectivity index (χ0v) is 6.78. The molecule has 0 aromatic rings. The highest BCUT2D eigenvalue weighted by molar-refractivity contribution is 5.84. The van der Waals surface area contributed by atoms with Crippen molar-refractivity contribution >= 4 is 12.1 Å².